The summed E-state index contributed by atoms with van der Waals surface area (Å²) in [6.45, 7) is 0. The molecule has 0 aliphatic rings. The Balaban J connectivity index is 1.60. The third kappa shape index (κ3) is 2.48. The Kier molecular flexibility index (Phi) is 3.33. The second-order valence-corrected chi connectivity index (χ2v) is 6.30. The Morgan fingerprint density at radius 1 is 0.889 bits per heavy atom. The molecule has 0 fully saturated rings. The van der Waals surface area contributed by atoms with E-state index in [1.807, 2.05) is 42.5 Å². The molecule has 3 aromatic carbocycles. The SMILES string of the molecule is O=c1[nH]c2ccccc2c(O)c1C=Nc1ccc2c(c1)oc1ccccc12. The first-order valence-corrected chi connectivity index (χ1v) is 8.50. The van der Waals surface area contributed by atoms with Crippen molar-refractivity contribution in [2.75, 3.05) is 0 Å². The lowest BCUT2D eigenvalue weighted by atomic mass is 10.1. The van der Waals surface area contributed by atoms with Crippen LogP contribution in [0.15, 0.2) is 80.9 Å². The van der Waals surface area contributed by atoms with Crippen molar-refractivity contribution < 1.29 is 9.52 Å². The molecule has 5 heteroatoms. The summed E-state index contributed by atoms with van der Waals surface area (Å²) in [6, 6.07) is 20.5. The number of para-hydroxylation sites is 2. The maximum absolute atomic E-state index is 12.3. The minimum absolute atomic E-state index is 0.0806. The van der Waals surface area contributed by atoms with Gasteiger partial charge in [-0.3, -0.25) is 9.79 Å². The number of nitrogens with zero attached hydrogens (tertiary/aromatic N) is 1. The number of fused-ring (bicyclic) bond motifs is 4. The van der Waals surface area contributed by atoms with Crippen LogP contribution in [0.4, 0.5) is 5.69 Å². The van der Waals surface area contributed by atoms with E-state index >= 15 is 0 Å². The second kappa shape index (κ2) is 5.85. The average Bonchev–Trinajstić information content (AvgIpc) is 3.05. The van der Waals surface area contributed by atoms with Crippen LogP contribution in [0.1, 0.15) is 5.56 Å². The Bertz CT molecular complexity index is 1410. The Morgan fingerprint density at radius 2 is 1.63 bits per heavy atom. The van der Waals surface area contributed by atoms with Crippen LogP contribution in [-0.4, -0.2) is 16.3 Å². The van der Waals surface area contributed by atoms with E-state index in [4.69, 9.17) is 4.42 Å². The van der Waals surface area contributed by atoms with Gasteiger partial charge < -0.3 is 14.5 Å². The van der Waals surface area contributed by atoms with E-state index in [1.165, 1.54) is 6.21 Å². The van der Waals surface area contributed by atoms with Crippen molar-refractivity contribution in [3.63, 3.8) is 0 Å². The van der Waals surface area contributed by atoms with Gasteiger partial charge >= 0.3 is 0 Å². The fourth-order valence-corrected chi connectivity index (χ4v) is 3.29. The zero-order valence-corrected chi connectivity index (χ0v) is 14.1. The molecule has 2 N–H and O–H groups in total. The molecule has 2 aromatic heterocycles. The van der Waals surface area contributed by atoms with Crippen LogP contribution in [0, 0.1) is 0 Å². The number of hydrogen-bond acceptors (Lipinski definition) is 4. The van der Waals surface area contributed by atoms with Crippen molar-refractivity contribution in [1.82, 2.24) is 4.98 Å². The summed E-state index contributed by atoms with van der Waals surface area (Å²) in [5, 5.41) is 13.1. The van der Waals surface area contributed by atoms with Gasteiger partial charge in [-0.05, 0) is 30.3 Å². The maximum atomic E-state index is 12.3. The number of benzene rings is 3. The molecule has 27 heavy (non-hydrogen) atoms. The standard InChI is InChI=1S/C22H14N2O3/c25-21-16-6-1-3-7-18(16)24-22(26)17(21)12-23-13-9-10-15-14-5-2-4-8-19(14)27-20(15)11-13/h1-12H,(H2,24,25,26). The first-order chi connectivity index (χ1) is 13.2. The van der Waals surface area contributed by atoms with Crippen LogP contribution in [-0.2, 0) is 0 Å². The van der Waals surface area contributed by atoms with Crippen molar-refractivity contribution in [3.05, 3.63) is 82.6 Å². The Hall–Kier alpha value is -3.86. The lowest BCUT2D eigenvalue weighted by Gasteiger charge is -2.03. The fourth-order valence-electron chi connectivity index (χ4n) is 3.29. The van der Waals surface area contributed by atoms with Crippen molar-refractivity contribution in [3.8, 4) is 5.75 Å². The molecule has 0 atom stereocenters. The first-order valence-electron chi connectivity index (χ1n) is 8.50. The van der Waals surface area contributed by atoms with Gasteiger partial charge in [0.2, 0.25) is 0 Å². The highest BCUT2D eigenvalue weighted by atomic mass is 16.3. The monoisotopic (exact) mass is 354 g/mol. The summed E-state index contributed by atoms with van der Waals surface area (Å²) >= 11 is 0. The fraction of sp³-hybridized carbons (Fsp3) is 0. The van der Waals surface area contributed by atoms with E-state index in [-0.39, 0.29) is 16.9 Å². The largest absolute Gasteiger partial charge is 0.506 e. The van der Waals surface area contributed by atoms with E-state index in [0.29, 0.717) is 16.6 Å². The summed E-state index contributed by atoms with van der Waals surface area (Å²) in [5.74, 6) is -0.0806. The summed E-state index contributed by atoms with van der Waals surface area (Å²) in [4.78, 5) is 19.4. The third-order valence-electron chi connectivity index (χ3n) is 4.64. The number of H-pyrrole nitrogens is 1. The molecule has 0 spiro atoms. The minimum Gasteiger partial charge on any atom is -0.506 e. The topological polar surface area (TPSA) is 78.6 Å². The summed E-state index contributed by atoms with van der Waals surface area (Å²) in [5.41, 5.74) is 2.49. The summed E-state index contributed by atoms with van der Waals surface area (Å²) in [7, 11) is 0. The van der Waals surface area contributed by atoms with E-state index in [1.54, 1.807) is 24.3 Å². The maximum Gasteiger partial charge on any atom is 0.261 e. The van der Waals surface area contributed by atoms with Gasteiger partial charge in [0, 0.05) is 28.4 Å². The smallest absolute Gasteiger partial charge is 0.261 e. The molecule has 5 nitrogen and oxygen atoms in total. The van der Waals surface area contributed by atoms with Crippen molar-refractivity contribution in [2.24, 2.45) is 4.99 Å². The molecule has 0 saturated heterocycles. The van der Waals surface area contributed by atoms with Crippen LogP contribution in [0.2, 0.25) is 0 Å². The first kappa shape index (κ1) is 15.4. The van der Waals surface area contributed by atoms with Gasteiger partial charge in [0.1, 0.15) is 22.5 Å². The predicted molar refractivity (Wildman–Crippen MR) is 107 cm³/mol. The molecule has 130 valence electrons. The van der Waals surface area contributed by atoms with Crippen molar-refractivity contribution in [1.29, 1.82) is 0 Å². The predicted octanol–water partition coefficient (Wildman–Crippen LogP) is 4.88. The summed E-state index contributed by atoms with van der Waals surface area (Å²) in [6.07, 6.45) is 1.38. The van der Waals surface area contributed by atoms with Crippen LogP contribution in [0.3, 0.4) is 0 Å². The van der Waals surface area contributed by atoms with Crippen molar-refractivity contribution in [2.45, 2.75) is 0 Å². The summed E-state index contributed by atoms with van der Waals surface area (Å²) < 4.78 is 5.86. The number of aliphatic imine (C=N–C) groups is 1. The Labute approximate surface area is 153 Å². The molecular weight excluding hydrogens is 340 g/mol. The van der Waals surface area contributed by atoms with Crippen LogP contribution in [0.25, 0.3) is 32.8 Å². The zero-order valence-electron chi connectivity index (χ0n) is 14.1. The lowest BCUT2D eigenvalue weighted by Crippen LogP contribution is -2.12. The molecule has 0 aliphatic heterocycles. The van der Waals surface area contributed by atoms with E-state index in [2.05, 4.69) is 9.98 Å². The van der Waals surface area contributed by atoms with Crippen LogP contribution >= 0.6 is 0 Å². The molecule has 0 radical (unpaired) electrons. The molecule has 0 aliphatic carbocycles. The van der Waals surface area contributed by atoms with Gasteiger partial charge in [-0.2, -0.15) is 0 Å². The van der Waals surface area contributed by atoms with Crippen LogP contribution in [0.5, 0.6) is 5.75 Å². The number of furan rings is 1. The Morgan fingerprint density at radius 3 is 2.52 bits per heavy atom. The zero-order chi connectivity index (χ0) is 18.4. The number of pyridine rings is 1. The van der Waals surface area contributed by atoms with Gasteiger partial charge in [-0.15, -0.1) is 0 Å². The van der Waals surface area contributed by atoms with Crippen molar-refractivity contribution >= 4 is 44.7 Å². The molecule has 0 amide bonds. The highest BCUT2D eigenvalue weighted by molar-refractivity contribution is 6.05. The second-order valence-electron chi connectivity index (χ2n) is 6.30. The van der Waals surface area contributed by atoms with Gasteiger partial charge in [-0.1, -0.05) is 30.3 Å². The van der Waals surface area contributed by atoms with Gasteiger partial charge in [0.25, 0.3) is 5.56 Å². The average molecular weight is 354 g/mol. The number of aromatic amines is 1. The molecule has 5 aromatic rings. The van der Waals surface area contributed by atoms with E-state index < -0.39 is 0 Å². The third-order valence-corrected chi connectivity index (χ3v) is 4.64. The normalized spacial score (nSPS) is 11.9. The highest BCUT2D eigenvalue weighted by Crippen LogP contribution is 2.31. The van der Waals surface area contributed by atoms with Gasteiger partial charge in [0.05, 0.1) is 11.2 Å². The number of nitrogens with one attached hydrogen (secondary N) is 1. The molecule has 0 bridgehead atoms. The molecule has 2 heterocycles. The van der Waals surface area contributed by atoms with E-state index in [0.717, 1.165) is 21.9 Å². The number of hydrogen-bond donors (Lipinski definition) is 2. The minimum atomic E-state index is -0.389. The highest BCUT2D eigenvalue weighted by Gasteiger charge is 2.10. The number of aromatic hydroxyl groups is 1. The molecule has 5 rings (SSSR count). The van der Waals surface area contributed by atoms with Gasteiger partial charge in [-0.25, -0.2) is 0 Å². The molecule has 0 saturated carbocycles. The number of aromatic nitrogens is 1. The van der Waals surface area contributed by atoms with Crippen LogP contribution < -0.4 is 5.56 Å². The van der Waals surface area contributed by atoms with Gasteiger partial charge in [0.15, 0.2) is 0 Å². The molecule has 0 unspecified atom stereocenters. The number of rotatable bonds is 2. The van der Waals surface area contributed by atoms with E-state index in [9.17, 15) is 9.90 Å². The lowest BCUT2D eigenvalue weighted by molar-refractivity contribution is 0.479. The molecular formula is C22H14N2O3. The quantitative estimate of drug-likeness (QED) is 0.443.